The molecule has 0 spiro atoms. The molecule has 0 N–H and O–H groups in total. The molecule has 0 unspecified atom stereocenters. The van der Waals surface area contributed by atoms with Crippen molar-refractivity contribution in [3.63, 3.8) is 0 Å². The van der Waals surface area contributed by atoms with E-state index in [1.807, 2.05) is 0 Å². The molecule has 0 aliphatic heterocycles. The molecule has 3 aromatic carbocycles. The Labute approximate surface area is 119 Å². The predicted octanol–water partition coefficient (Wildman–Crippen LogP) is 5.47. The summed E-state index contributed by atoms with van der Waals surface area (Å²) in [5.74, 6) is 0. The average Bonchev–Trinajstić information content (AvgIpc) is 2.55. The summed E-state index contributed by atoms with van der Waals surface area (Å²) in [6.45, 7) is 0. The van der Waals surface area contributed by atoms with Gasteiger partial charge in [0.25, 0.3) is 0 Å². The molecule has 0 aromatic heterocycles. The number of aryl methyl sites for hydroxylation is 1. The van der Waals surface area contributed by atoms with Gasteiger partial charge in [-0.2, -0.15) is 0 Å². The van der Waals surface area contributed by atoms with Crippen LogP contribution in [0.1, 0.15) is 17.5 Å². The molecule has 4 rings (SSSR count). The van der Waals surface area contributed by atoms with Gasteiger partial charge in [0.2, 0.25) is 0 Å². The molecule has 0 nitrogen and oxygen atoms in total. The van der Waals surface area contributed by atoms with Crippen LogP contribution in [0.15, 0.2) is 66.7 Å². The van der Waals surface area contributed by atoms with Crippen molar-refractivity contribution in [1.82, 2.24) is 0 Å². The SMILES string of the molecule is C1=Cc2ccc3ccc(-c4ccccc4)cc3c2CC1. The lowest BCUT2D eigenvalue weighted by atomic mass is 9.90. The van der Waals surface area contributed by atoms with Gasteiger partial charge in [0.05, 0.1) is 0 Å². The number of allylic oxidation sites excluding steroid dienone is 1. The lowest BCUT2D eigenvalue weighted by Gasteiger charge is -2.14. The molecule has 96 valence electrons. The molecule has 1 aliphatic carbocycles. The number of benzene rings is 3. The van der Waals surface area contributed by atoms with Crippen molar-refractivity contribution in [3.8, 4) is 11.1 Å². The van der Waals surface area contributed by atoms with Crippen LogP contribution >= 0.6 is 0 Å². The largest absolute Gasteiger partial charge is 0.0836 e. The zero-order valence-corrected chi connectivity index (χ0v) is 11.3. The Morgan fingerprint density at radius 3 is 2.50 bits per heavy atom. The van der Waals surface area contributed by atoms with E-state index < -0.39 is 0 Å². The Balaban J connectivity index is 1.96. The molecule has 0 heteroatoms. The van der Waals surface area contributed by atoms with Gasteiger partial charge >= 0.3 is 0 Å². The molecule has 0 fully saturated rings. The first-order valence-electron chi connectivity index (χ1n) is 7.19. The number of hydrogen-bond donors (Lipinski definition) is 0. The third-order valence-corrected chi connectivity index (χ3v) is 4.13. The fourth-order valence-corrected chi connectivity index (χ4v) is 3.08. The van der Waals surface area contributed by atoms with E-state index in [0.717, 1.165) is 12.8 Å². The lowest BCUT2D eigenvalue weighted by Crippen LogP contribution is -1.95. The van der Waals surface area contributed by atoms with E-state index in [1.165, 1.54) is 33.0 Å². The van der Waals surface area contributed by atoms with Crippen molar-refractivity contribution in [2.24, 2.45) is 0 Å². The van der Waals surface area contributed by atoms with Crippen molar-refractivity contribution < 1.29 is 0 Å². The molecule has 1 aliphatic rings. The van der Waals surface area contributed by atoms with Gasteiger partial charge in [-0.05, 0) is 51.9 Å². The van der Waals surface area contributed by atoms with Gasteiger partial charge in [-0.1, -0.05) is 66.7 Å². The molecule has 0 amide bonds. The molecule has 20 heavy (non-hydrogen) atoms. The Kier molecular flexibility index (Phi) is 2.67. The summed E-state index contributed by atoms with van der Waals surface area (Å²) in [4.78, 5) is 0. The normalized spacial score (nSPS) is 13.4. The maximum Gasteiger partial charge on any atom is -0.0140 e. The highest BCUT2D eigenvalue weighted by Gasteiger charge is 2.09. The molecule has 0 heterocycles. The van der Waals surface area contributed by atoms with Crippen molar-refractivity contribution >= 4 is 16.8 Å². The maximum atomic E-state index is 2.35. The first-order chi connectivity index (χ1) is 9.92. The summed E-state index contributed by atoms with van der Waals surface area (Å²) in [7, 11) is 0. The molecule has 0 saturated carbocycles. The Morgan fingerprint density at radius 1 is 0.750 bits per heavy atom. The van der Waals surface area contributed by atoms with Crippen LogP contribution in [0.4, 0.5) is 0 Å². The molecule has 0 bridgehead atoms. The van der Waals surface area contributed by atoms with Crippen molar-refractivity contribution in [1.29, 1.82) is 0 Å². The molecule has 0 saturated heterocycles. The average molecular weight is 256 g/mol. The predicted molar refractivity (Wildman–Crippen MR) is 86.7 cm³/mol. The van der Waals surface area contributed by atoms with E-state index in [9.17, 15) is 0 Å². The van der Waals surface area contributed by atoms with Crippen LogP contribution < -0.4 is 0 Å². The molecule has 0 atom stereocenters. The number of hydrogen-bond acceptors (Lipinski definition) is 0. The highest BCUT2D eigenvalue weighted by molar-refractivity contribution is 5.92. The lowest BCUT2D eigenvalue weighted by molar-refractivity contribution is 0.997. The van der Waals surface area contributed by atoms with Crippen LogP contribution in [0.2, 0.25) is 0 Å². The highest BCUT2D eigenvalue weighted by Crippen LogP contribution is 2.31. The highest BCUT2D eigenvalue weighted by atomic mass is 14.1. The summed E-state index contributed by atoms with van der Waals surface area (Å²) in [6, 6.07) is 21.9. The van der Waals surface area contributed by atoms with E-state index in [1.54, 1.807) is 0 Å². The molecule has 0 radical (unpaired) electrons. The molecular weight excluding hydrogens is 240 g/mol. The van der Waals surface area contributed by atoms with Crippen molar-refractivity contribution in [3.05, 3.63) is 77.9 Å². The van der Waals surface area contributed by atoms with E-state index in [-0.39, 0.29) is 0 Å². The third-order valence-electron chi connectivity index (χ3n) is 4.13. The first kappa shape index (κ1) is 11.5. The van der Waals surface area contributed by atoms with E-state index in [2.05, 4.69) is 72.8 Å². The second-order valence-corrected chi connectivity index (χ2v) is 5.38. The fraction of sp³-hybridized carbons (Fsp3) is 0.100. The number of rotatable bonds is 1. The Bertz CT molecular complexity index is 795. The van der Waals surface area contributed by atoms with Crippen LogP contribution in [0.5, 0.6) is 0 Å². The smallest absolute Gasteiger partial charge is 0.0140 e. The Hall–Kier alpha value is -2.34. The summed E-state index contributed by atoms with van der Waals surface area (Å²) in [6.07, 6.45) is 6.84. The molecule has 3 aromatic rings. The fourth-order valence-electron chi connectivity index (χ4n) is 3.08. The van der Waals surface area contributed by atoms with E-state index >= 15 is 0 Å². The van der Waals surface area contributed by atoms with Crippen LogP contribution in [-0.4, -0.2) is 0 Å². The maximum absolute atomic E-state index is 2.35. The summed E-state index contributed by atoms with van der Waals surface area (Å²) < 4.78 is 0. The zero-order valence-electron chi connectivity index (χ0n) is 11.3. The summed E-state index contributed by atoms with van der Waals surface area (Å²) in [5.41, 5.74) is 5.48. The van der Waals surface area contributed by atoms with Crippen LogP contribution in [0.25, 0.3) is 28.0 Å². The van der Waals surface area contributed by atoms with Crippen molar-refractivity contribution in [2.75, 3.05) is 0 Å². The van der Waals surface area contributed by atoms with Gasteiger partial charge in [-0.3, -0.25) is 0 Å². The topological polar surface area (TPSA) is 0 Å². The second-order valence-electron chi connectivity index (χ2n) is 5.38. The minimum Gasteiger partial charge on any atom is -0.0836 e. The molecular formula is C20H16. The third kappa shape index (κ3) is 1.85. The Morgan fingerprint density at radius 2 is 1.60 bits per heavy atom. The van der Waals surface area contributed by atoms with Gasteiger partial charge in [-0.25, -0.2) is 0 Å². The monoisotopic (exact) mass is 256 g/mol. The van der Waals surface area contributed by atoms with Crippen LogP contribution in [-0.2, 0) is 6.42 Å². The van der Waals surface area contributed by atoms with Crippen LogP contribution in [0.3, 0.4) is 0 Å². The van der Waals surface area contributed by atoms with Gasteiger partial charge in [-0.15, -0.1) is 0 Å². The summed E-state index contributed by atoms with van der Waals surface area (Å²) >= 11 is 0. The zero-order chi connectivity index (χ0) is 13.4. The minimum absolute atomic E-state index is 1.15. The summed E-state index contributed by atoms with van der Waals surface area (Å²) in [5, 5.41) is 2.76. The quantitative estimate of drug-likeness (QED) is 0.542. The van der Waals surface area contributed by atoms with Gasteiger partial charge in [0, 0.05) is 0 Å². The standard InChI is InChI=1S/C20H16/c1-2-6-15(7-3-1)18-13-12-17-11-10-16-8-4-5-9-19(16)20(17)14-18/h1-4,6-8,10-14H,5,9H2. The van der Waals surface area contributed by atoms with Gasteiger partial charge in [0.15, 0.2) is 0 Å². The van der Waals surface area contributed by atoms with Crippen molar-refractivity contribution in [2.45, 2.75) is 12.8 Å². The second kappa shape index (κ2) is 4.64. The first-order valence-corrected chi connectivity index (χ1v) is 7.19. The van der Waals surface area contributed by atoms with Gasteiger partial charge < -0.3 is 0 Å². The number of fused-ring (bicyclic) bond motifs is 3. The van der Waals surface area contributed by atoms with E-state index in [0.29, 0.717) is 0 Å². The van der Waals surface area contributed by atoms with Gasteiger partial charge in [0.1, 0.15) is 0 Å². The minimum atomic E-state index is 1.15. The van der Waals surface area contributed by atoms with Crippen LogP contribution in [0, 0.1) is 0 Å². The van der Waals surface area contributed by atoms with E-state index in [4.69, 9.17) is 0 Å².